The fourth-order valence-electron chi connectivity index (χ4n) is 4.34. The summed E-state index contributed by atoms with van der Waals surface area (Å²) in [6, 6.07) is 13.4. The molecule has 0 aromatic heterocycles. The summed E-state index contributed by atoms with van der Waals surface area (Å²) in [5.41, 5.74) is 4.15. The molecule has 4 rings (SSSR count). The van der Waals surface area contributed by atoms with Gasteiger partial charge >= 0.3 is 12.1 Å². The number of alkyl carbamates (subject to hydrolysis) is 1. The first-order valence-electron chi connectivity index (χ1n) is 10.4. The van der Waals surface area contributed by atoms with E-state index in [0.717, 1.165) is 22.4 Å². The first kappa shape index (κ1) is 20.3. The number of rotatable bonds is 5. The number of hydrogen-bond donors (Lipinski definition) is 2. The van der Waals surface area contributed by atoms with Crippen LogP contribution in [-0.4, -0.2) is 25.2 Å². The van der Waals surface area contributed by atoms with E-state index in [1.807, 2.05) is 49.4 Å². The summed E-state index contributed by atoms with van der Waals surface area (Å²) in [6.07, 6.45) is 1.93. The molecule has 1 aliphatic carbocycles. The van der Waals surface area contributed by atoms with Gasteiger partial charge in [-0.25, -0.2) is 9.59 Å². The minimum atomic E-state index is -0.460. The summed E-state index contributed by atoms with van der Waals surface area (Å²) in [5, 5.41) is 6.71. The molecule has 0 bridgehead atoms. The Morgan fingerprint density at radius 3 is 2.57 bits per heavy atom. The minimum Gasteiger partial charge on any atom is -0.465 e. The molecular formula is C24H28N2O4. The Bertz CT molecular complexity index is 940. The molecule has 2 aliphatic rings. The second kappa shape index (κ2) is 8.38. The van der Waals surface area contributed by atoms with Crippen molar-refractivity contribution in [3.8, 4) is 0 Å². The number of methoxy groups -OCH3 is 1. The largest absolute Gasteiger partial charge is 0.465 e. The molecule has 6 heteroatoms. The lowest BCUT2D eigenvalue weighted by Crippen LogP contribution is -2.45. The highest BCUT2D eigenvalue weighted by atomic mass is 16.5. The smallest absolute Gasteiger partial charge is 0.407 e. The Hall–Kier alpha value is -3.02. The highest BCUT2D eigenvalue weighted by molar-refractivity contribution is 5.92. The zero-order chi connectivity index (χ0) is 21.3. The SMILES string of the molecule is COC(=O)c1cc2c(cc1C)N[C@@H](C1CC1)[C@H](C)[C@H]2NC(=O)OCc1ccccc1. The Morgan fingerprint density at radius 2 is 1.90 bits per heavy atom. The topological polar surface area (TPSA) is 76.7 Å². The van der Waals surface area contributed by atoms with Gasteiger partial charge in [0.05, 0.1) is 18.7 Å². The van der Waals surface area contributed by atoms with E-state index in [-0.39, 0.29) is 30.6 Å². The average Bonchev–Trinajstić information content (AvgIpc) is 3.59. The number of benzene rings is 2. The quantitative estimate of drug-likeness (QED) is 0.708. The lowest BCUT2D eigenvalue weighted by atomic mass is 9.80. The molecule has 3 atom stereocenters. The van der Waals surface area contributed by atoms with Crippen LogP contribution in [0.3, 0.4) is 0 Å². The number of aryl methyl sites for hydroxylation is 1. The van der Waals surface area contributed by atoms with Crippen molar-refractivity contribution in [1.82, 2.24) is 5.32 Å². The molecule has 0 saturated heterocycles. The Labute approximate surface area is 177 Å². The zero-order valence-corrected chi connectivity index (χ0v) is 17.6. The van der Waals surface area contributed by atoms with E-state index in [1.165, 1.54) is 20.0 Å². The van der Waals surface area contributed by atoms with Gasteiger partial charge in [0.2, 0.25) is 0 Å². The third kappa shape index (κ3) is 4.13. The molecule has 2 aromatic carbocycles. The molecule has 158 valence electrons. The van der Waals surface area contributed by atoms with Crippen LogP contribution in [-0.2, 0) is 16.1 Å². The molecule has 2 aromatic rings. The van der Waals surface area contributed by atoms with Gasteiger partial charge < -0.3 is 20.1 Å². The molecule has 1 saturated carbocycles. The van der Waals surface area contributed by atoms with Gasteiger partial charge in [-0.15, -0.1) is 0 Å². The van der Waals surface area contributed by atoms with Crippen LogP contribution in [0.5, 0.6) is 0 Å². The summed E-state index contributed by atoms with van der Waals surface area (Å²) in [7, 11) is 1.38. The fraction of sp³-hybridized carbons (Fsp3) is 0.417. The lowest BCUT2D eigenvalue weighted by molar-refractivity contribution is 0.0599. The number of nitrogens with one attached hydrogen (secondary N) is 2. The van der Waals surface area contributed by atoms with Crippen LogP contribution < -0.4 is 10.6 Å². The van der Waals surface area contributed by atoms with Crippen LogP contribution in [0.25, 0.3) is 0 Å². The minimum absolute atomic E-state index is 0.155. The van der Waals surface area contributed by atoms with Crippen molar-refractivity contribution < 1.29 is 19.1 Å². The molecule has 2 N–H and O–H groups in total. The van der Waals surface area contributed by atoms with Crippen LogP contribution in [0, 0.1) is 18.8 Å². The lowest BCUT2D eigenvalue weighted by Gasteiger charge is -2.40. The fourth-order valence-corrected chi connectivity index (χ4v) is 4.34. The van der Waals surface area contributed by atoms with Crippen LogP contribution in [0.2, 0.25) is 0 Å². The van der Waals surface area contributed by atoms with Crippen molar-refractivity contribution in [1.29, 1.82) is 0 Å². The molecule has 0 spiro atoms. The highest BCUT2D eigenvalue weighted by Crippen LogP contribution is 2.46. The van der Waals surface area contributed by atoms with Crippen molar-refractivity contribution in [2.24, 2.45) is 11.8 Å². The van der Waals surface area contributed by atoms with Gasteiger partial charge in [-0.2, -0.15) is 0 Å². The van der Waals surface area contributed by atoms with Crippen LogP contribution in [0.1, 0.15) is 52.9 Å². The van der Waals surface area contributed by atoms with Gasteiger partial charge in [0.25, 0.3) is 0 Å². The Balaban J connectivity index is 1.58. The van der Waals surface area contributed by atoms with Crippen molar-refractivity contribution in [3.63, 3.8) is 0 Å². The number of carbonyl (C=O) groups excluding carboxylic acids is 2. The van der Waals surface area contributed by atoms with Crippen molar-refractivity contribution in [3.05, 3.63) is 64.7 Å². The number of fused-ring (bicyclic) bond motifs is 1. The Kier molecular flexibility index (Phi) is 5.66. The van der Waals surface area contributed by atoms with Gasteiger partial charge in [-0.1, -0.05) is 37.3 Å². The van der Waals surface area contributed by atoms with E-state index in [4.69, 9.17) is 9.47 Å². The van der Waals surface area contributed by atoms with E-state index in [9.17, 15) is 9.59 Å². The van der Waals surface area contributed by atoms with E-state index >= 15 is 0 Å². The zero-order valence-electron chi connectivity index (χ0n) is 17.6. The summed E-state index contributed by atoms with van der Waals surface area (Å²) in [5.74, 6) is 0.388. The van der Waals surface area contributed by atoms with Crippen LogP contribution in [0.15, 0.2) is 42.5 Å². The number of carbonyl (C=O) groups is 2. The summed E-state index contributed by atoms with van der Waals surface area (Å²) >= 11 is 0. The molecule has 1 amide bonds. The third-order valence-electron chi connectivity index (χ3n) is 6.17. The molecule has 1 fully saturated rings. The Morgan fingerprint density at radius 1 is 1.17 bits per heavy atom. The highest BCUT2D eigenvalue weighted by Gasteiger charge is 2.43. The standard InChI is InChI=1S/C24H28N2O4/c1-14-11-20-19(12-18(14)23(27)29-3)22(15(2)21(25-20)17-9-10-17)26-24(28)30-13-16-7-5-4-6-8-16/h4-8,11-12,15,17,21-22,25H,9-10,13H2,1-3H3,(H,26,28)/t15-,21+,22+/m0/s1. The normalized spacial score (nSPS) is 22.4. The maximum absolute atomic E-state index is 12.6. The molecule has 0 radical (unpaired) electrons. The van der Waals surface area contributed by atoms with Crippen molar-refractivity contribution in [2.45, 2.75) is 45.4 Å². The molecule has 1 aliphatic heterocycles. The molecule has 30 heavy (non-hydrogen) atoms. The van der Waals surface area contributed by atoms with Gasteiger partial charge in [0.15, 0.2) is 0 Å². The number of esters is 1. The van der Waals surface area contributed by atoms with Crippen LogP contribution in [0.4, 0.5) is 10.5 Å². The summed E-state index contributed by atoms with van der Waals surface area (Å²) < 4.78 is 10.4. The van der Waals surface area contributed by atoms with Gasteiger partial charge in [0.1, 0.15) is 6.61 Å². The number of amides is 1. The molecule has 0 unspecified atom stereocenters. The molecular weight excluding hydrogens is 380 g/mol. The monoisotopic (exact) mass is 408 g/mol. The van der Waals surface area contributed by atoms with E-state index < -0.39 is 6.09 Å². The molecule has 6 nitrogen and oxygen atoms in total. The molecule has 1 heterocycles. The van der Waals surface area contributed by atoms with E-state index in [0.29, 0.717) is 11.5 Å². The third-order valence-corrected chi connectivity index (χ3v) is 6.17. The number of anilines is 1. The van der Waals surface area contributed by atoms with E-state index in [1.54, 1.807) is 0 Å². The predicted molar refractivity (Wildman–Crippen MR) is 114 cm³/mol. The van der Waals surface area contributed by atoms with Gasteiger partial charge in [-0.05, 0) is 54.5 Å². The summed E-state index contributed by atoms with van der Waals surface area (Å²) in [4.78, 5) is 24.8. The van der Waals surface area contributed by atoms with Crippen molar-refractivity contribution in [2.75, 3.05) is 12.4 Å². The second-order valence-electron chi connectivity index (χ2n) is 8.30. The summed E-state index contributed by atoms with van der Waals surface area (Å²) in [6.45, 7) is 4.25. The second-order valence-corrected chi connectivity index (χ2v) is 8.30. The maximum Gasteiger partial charge on any atom is 0.407 e. The first-order chi connectivity index (χ1) is 14.5. The van der Waals surface area contributed by atoms with Crippen LogP contribution >= 0.6 is 0 Å². The average molecular weight is 408 g/mol. The predicted octanol–water partition coefficient (Wildman–Crippen LogP) is 4.59. The van der Waals surface area contributed by atoms with E-state index in [2.05, 4.69) is 17.6 Å². The number of ether oxygens (including phenoxy) is 2. The first-order valence-corrected chi connectivity index (χ1v) is 10.4. The number of hydrogen-bond acceptors (Lipinski definition) is 5. The van der Waals surface area contributed by atoms with Gasteiger partial charge in [0, 0.05) is 17.6 Å². The van der Waals surface area contributed by atoms with Crippen molar-refractivity contribution >= 4 is 17.7 Å². The van der Waals surface area contributed by atoms with Gasteiger partial charge in [-0.3, -0.25) is 0 Å². The maximum atomic E-state index is 12.6.